The van der Waals surface area contributed by atoms with E-state index < -0.39 is 16.7 Å². The zero-order chi connectivity index (χ0) is 24.3. The van der Waals surface area contributed by atoms with Crippen molar-refractivity contribution in [2.45, 2.75) is 20.3 Å². The molecular weight excluding hydrogens is 473 g/mol. The molecule has 0 aliphatic carbocycles. The number of methoxy groups -OCH3 is 1. The average molecular weight is 494 g/mol. The third-order valence-corrected chi connectivity index (χ3v) is 5.55. The maximum Gasteiger partial charge on any atom is 0.282 e. The molecule has 1 fully saturated rings. The second-order valence-corrected chi connectivity index (χ2v) is 8.40. The molecule has 9 nitrogen and oxygen atoms in total. The molecule has 2 amide bonds. The lowest BCUT2D eigenvalue weighted by Crippen LogP contribution is -2.35. The Morgan fingerprint density at radius 3 is 2.48 bits per heavy atom. The van der Waals surface area contributed by atoms with Crippen molar-refractivity contribution in [2.75, 3.05) is 18.7 Å². The molecule has 1 heterocycles. The van der Waals surface area contributed by atoms with E-state index in [-0.39, 0.29) is 44.1 Å². The fraction of sp³-hybridized carbons (Fsp3) is 0.273. The van der Waals surface area contributed by atoms with Crippen molar-refractivity contribution < 1.29 is 24.0 Å². The lowest BCUT2D eigenvalue weighted by atomic mass is 10.1. The molecule has 0 unspecified atom stereocenters. The molecule has 0 aromatic heterocycles. The number of nitro benzene ring substituents is 1. The third-order valence-electron chi connectivity index (χ3n) is 4.82. The number of nitrogens with one attached hydrogen (secondary N) is 1. The highest BCUT2D eigenvalue weighted by Crippen LogP contribution is 2.37. The lowest BCUT2D eigenvalue weighted by Gasteiger charge is -2.15. The first-order valence-electron chi connectivity index (χ1n) is 9.93. The fourth-order valence-electron chi connectivity index (χ4n) is 3.03. The number of halogens is 2. The first kappa shape index (κ1) is 24.3. The van der Waals surface area contributed by atoms with E-state index >= 15 is 0 Å². The zero-order valence-corrected chi connectivity index (χ0v) is 19.6. The number of anilines is 1. The molecule has 0 bridgehead atoms. The van der Waals surface area contributed by atoms with E-state index in [1.165, 1.54) is 37.4 Å². The summed E-state index contributed by atoms with van der Waals surface area (Å²) < 4.78 is 11.0. The van der Waals surface area contributed by atoms with Crippen LogP contribution in [-0.2, 0) is 9.59 Å². The number of benzene rings is 2. The van der Waals surface area contributed by atoms with Gasteiger partial charge < -0.3 is 9.47 Å². The molecule has 2 aromatic carbocycles. The van der Waals surface area contributed by atoms with E-state index in [4.69, 9.17) is 32.7 Å². The number of hydrogen-bond acceptors (Lipinski definition) is 6. The summed E-state index contributed by atoms with van der Waals surface area (Å²) in [5.41, 5.74) is 2.09. The van der Waals surface area contributed by atoms with Gasteiger partial charge in [0.2, 0.25) is 0 Å². The maximum absolute atomic E-state index is 12.9. The topological polar surface area (TPSA) is 111 Å². The standard InChI is InChI=1S/C22H21Cl2N3O6/c1-12(2)6-7-33-20-11-18(27(30)31)13(9-19(20)32-3)8-15-21(28)25-26(22(15)29)14-4-5-16(23)17(24)10-14/h4-5,8-12H,6-7H2,1-3H3,(H,25,28)/b15-8+. The van der Waals surface area contributed by atoms with Gasteiger partial charge in [-0.2, -0.15) is 0 Å². The predicted octanol–water partition coefficient (Wildman–Crippen LogP) is 4.80. The van der Waals surface area contributed by atoms with Crippen molar-refractivity contribution in [3.8, 4) is 11.5 Å². The Hall–Kier alpha value is -3.30. The molecule has 0 spiro atoms. The summed E-state index contributed by atoms with van der Waals surface area (Å²) in [6.07, 6.45) is 1.90. The van der Waals surface area contributed by atoms with E-state index in [1.54, 1.807) is 0 Å². The second kappa shape index (κ2) is 10.1. The summed E-state index contributed by atoms with van der Waals surface area (Å²) in [4.78, 5) is 36.5. The number of amides is 2. The van der Waals surface area contributed by atoms with Gasteiger partial charge in [-0.05, 0) is 42.7 Å². The third kappa shape index (κ3) is 5.37. The molecule has 33 heavy (non-hydrogen) atoms. The molecule has 1 aliphatic heterocycles. The van der Waals surface area contributed by atoms with Gasteiger partial charge in [-0.3, -0.25) is 25.1 Å². The first-order chi connectivity index (χ1) is 15.6. The van der Waals surface area contributed by atoms with Crippen molar-refractivity contribution in [1.29, 1.82) is 0 Å². The van der Waals surface area contributed by atoms with Crippen LogP contribution >= 0.6 is 23.2 Å². The van der Waals surface area contributed by atoms with E-state index in [9.17, 15) is 19.7 Å². The van der Waals surface area contributed by atoms with Gasteiger partial charge >= 0.3 is 0 Å². The van der Waals surface area contributed by atoms with Gasteiger partial charge in [-0.15, -0.1) is 0 Å². The Balaban J connectivity index is 1.98. The Labute approximate surface area is 200 Å². The van der Waals surface area contributed by atoms with Crippen molar-refractivity contribution in [3.05, 3.63) is 61.6 Å². The van der Waals surface area contributed by atoms with Crippen molar-refractivity contribution in [3.63, 3.8) is 0 Å². The summed E-state index contributed by atoms with van der Waals surface area (Å²) in [7, 11) is 1.40. The number of hydrogen-bond donors (Lipinski definition) is 1. The largest absolute Gasteiger partial charge is 0.493 e. The monoisotopic (exact) mass is 493 g/mol. The van der Waals surface area contributed by atoms with E-state index in [2.05, 4.69) is 5.43 Å². The predicted molar refractivity (Wildman–Crippen MR) is 125 cm³/mol. The summed E-state index contributed by atoms with van der Waals surface area (Å²) in [5.74, 6) is -0.601. The van der Waals surface area contributed by atoms with Gasteiger partial charge in [0.05, 0.1) is 46.0 Å². The molecule has 1 aliphatic rings. The molecule has 0 saturated carbocycles. The first-order valence-corrected chi connectivity index (χ1v) is 10.7. The zero-order valence-electron chi connectivity index (χ0n) is 18.1. The minimum atomic E-state index is -0.725. The molecule has 0 radical (unpaired) electrons. The number of carbonyl (C=O) groups excluding carboxylic acids is 2. The van der Waals surface area contributed by atoms with Gasteiger partial charge in [0.1, 0.15) is 5.57 Å². The van der Waals surface area contributed by atoms with Crippen LogP contribution in [-0.4, -0.2) is 30.5 Å². The smallest absolute Gasteiger partial charge is 0.282 e. The molecule has 1 N–H and O–H groups in total. The highest BCUT2D eigenvalue weighted by atomic mass is 35.5. The van der Waals surface area contributed by atoms with Crippen LogP contribution in [0.3, 0.4) is 0 Å². The maximum atomic E-state index is 12.9. The van der Waals surface area contributed by atoms with E-state index in [1.807, 2.05) is 13.8 Å². The average Bonchev–Trinajstić information content (AvgIpc) is 3.04. The van der Waals surface area contributed by atoms with Crippen LogP contribution in [0.4, 0.5) is 11.4 Å². The van der Waals surface area contributed by atoms with Crippen LogP contribution in [0.1, 0.15) is 25.8 Å². The number of ether oxygens (including phenoxy) is 2. The second-order valence-electron chi connectivity index (χ2n) is 7.59. The number of hydrazine groups is 1. The number of rotatable bonds is 8. The quantitative estimate of drug-likeness (QED) is 0.244. The summed E-state index contributed by atoms with van der Waals surface area (Å²) in [6.45, 7) is 4.41. The molecule has 3 rings (SSSR count). The Morgan fingerprint density at radius 2 is 1.88 bits per heavy atom. The Bertz CT molecular complexity index is 1150. The van der Waals surface area contributed by atoms with Crippen LogP contribution in [0.5, 0.6) is 11.5 Å². The molecule has 11 heteroatoms. The minimum Gasteiger partial charge on any atom is -0.493 e. The van der Waals surface area contributed by atoms with Crippen LogP contribution in [0.2, 0.25) is 10.0 Å². The summed E-state index contributed by atoms with van der Waals surface area (Å²) >= 11 is 11.9. The highest BCUT2D eigenvalue weighted by molar-refractivity contribution is 6.42. The number of nitro groups is 1. The minimum absolute atomic E-state index is 0.0162. The Morgan fingerprint density at radius 1 is 1.15 bits per heavy atom. The summed E-state index contributed by atoms with van der Waals surface area (Å²) in [6, 6.07) is 6.98. The molecular formula is C22H21Cl2N3O6. The van der Waals surface area contributed by atoms with Gasteiger partial charge in [-0.1, -0.05) is 37.0 Å². The lowest BCUT2D eigenvalue weighted by molar-refractivity contribution is -0.385. The fourth-order valence-corrected chi connectivity index (χ4v) is 3.33. The van der Waals surface area contributed by atoms with Gasteiger partial charge in [0.25, 0.3) is 17.5 Å². The van der Waals surface area contributed by atoms with Gasteiger partial charge in [0.15, 0.2) is 11.5 Å². The molecule has 0 atom stereocenters. The molecule has 2 aromatic rings. The van der Waals surface area contributed by atoms with Crippen LogP contribution in [0.25, 0.3) is 6.08 Å². The van der Waals surface area contributed by atoms with Crippen LogP contribution in [0.15, 0.2) is 35.9 Å². The SMILES string of the molecule is COc1cc(/C=C2\C(=O)NN(c3ccc(Cl)c(Cl)c3)C2=O)c([N+](=O)[O-])cc1OCCC(C)C. The molecule has 1 saturated heterocycles. The van der Waals surface area contributed by atoms with Gasteiger partial charge in [0, 0.05) is 0 Å². The summed E-state index contributed by atoms with van der Waals surface area (Å²) in [5, 5.41) is 13.2. The van der Waals surface area contributed by atoms with Crippen molar-refractivity contribution >= 4 is 52.5 Å². The highest BCUT2D eigenvalue weighted by Gasteiger charge is 2.35. The number of carbonyl (C=O) groups is 2. The Kier molecular flexibility index (Phi) is 7.45. The number of nitrogens with zero attached hydrogens (tertiary/aromatic N) is 2. The van der Waals surface area contributed by atoms with Crippen molar-refractivity contribution in [1.82, 2.24) is 5.43 Å². The molecule has 174 valence electrons. The van der Waals surface area contributed by atoms with E-state index in [0.717, 1.165) is 17.5 Å². The van der Waals surface area contributed by atoms with Crippen LogP contribution in [0, 0.1) is 16.0 Å². The van der Waals surface area contributed by atoms with E-state index in [0.29, 0.717) is 12.5 Å². The normalized spacial score (nSPS) is 14.7. The van der Waals surface area contributed by atoms with Crippen molar-refractivity contribution in [2.24, 2.45) is 5.92 Å². The van der Waals surface area contributed by atoms with Gasteiger partial charge in [-0.25, -0.2) is 5.01 Å². The van der Waals surface area contributed by atoms with Crippen LogP contribution < -0.4 is 19.9 Å².